The minimum atomic E-state index is -0.592. The summed E-state index contributed by atoms with van der Waals surface area (Å²) in [5, 5.41) is 3.50. The molecule has 0 aliphatic carbocycles. The van der Waals surface area contributed by atoms with E-state index in [0.29, 0.717) is 28.8 Å². The Balaban J connectivity index is 2.13. The van der Waals surface area contributed by atoms with Crippen LogP contribution >= 0.6 is 23.2 Å². The van der Waals surface area contributed by atoms with Crippen molar-refractivity contribution in [2.75, 3.05) is 7.05 Å². The standard InChI is InChI=1S/C23H28Cl2N2O2/c1-15(2)19-9-5-17(6-10-19)8-12-22(28)27(16(3)23(29)26-4)14-18-7-11-20(24)21(25)13-18/h5-7,9-11,13,15-16H,8,12,14H2,1-4H3,(H,26,29). The lowest BCUT2D eigenvalue weighted by atomic mass is 10.00. The maximum atomic E-state index is 13.0. The summed E-state index contributed by atoms with van der Waals surface area (Å²) in [6.45, 7) is 6.32. The van der Waals surface area contributed by atoms with Crippen LogP contribution in [0.25, 0.3) is 0 Å². The van der Waals surface area contributed by atoms with Gasteiger partial charge in [0.2, 0.25) is 11.8 Å². The van der Waals surface area contributed by atoms with E-state index >= 15 is 0 Å². The Bertz CT molecular complexity index is 850. The molecule has 0 aliphatic rings. The van der Waals surface area contributed by atoms with Crippen molar-refractivity contribution in [2.24, 2.45) is 0 Å². The van der Waals surface area contributed by atoms with Crippen molar-refractivity contribution in [3.05, 3.63) is 69.2 Å². The zero-order chi connectivity index (χ0) is 21.6. The third-order valence-electron chi connectivity index (χ3n) is 5.02. The van der Waals surface area contributed by atoms with Crippen molar-refractivity contribution < 1.29 is 9.59 Å². The van der Waals surface area contributed by atoms with Crippen LogP contribution in [-0.4, -0.2) is 29.8 Å². The molecule has 1 atom stereocenters. The predicted molar refractivity (Wildman–Crippen MR) is 119 cm³/mol. The van der Waals surface area contributed by atoms with E-state index in [0.717, 1.165) is 11.1 Å². The molecule has 0 saturated heterocycles. The summed E-state index contributed by atoms with van der Waals surface area (Å²) >= 11 is 12.1. The Labute approximate surface area is 183 Å². The normalized spacial score (nSPS) is 12.0. The van der Waals surface area contributed by atoms with E-state index in [1.54, 1.807) is 31.0 Å². The topological polar surface area (TPSA) is 49.4 Å². The van der Waals surface area contributed by atoms with Crippen molar-refractivity contribution in [1.29, 1.82) is 0 Å². The number of rotatable bonds is 8. The molecule has 29 heavy (non-hydrogen) atoms. The smallest absolute Gasteiger partial charge is 0.242 e. The molecule has 1 unspecified atom stereocenters. The van der Waals surface area contributed by atoms with Gasteiger partial charge in [-0.25, -0.2) is 0 Å². The van der Waals surface area contributed by atoms with Crippen molar-refractivity contribution >= 4 is 35.0 Å². The lowest BCUT2D eigenvalue weighted by Gasteiger charge is -2.28. The number of hydrogen-bond acceptors (Lipinski definition) is 2. The predicted octanol–water partition coefficient (Wildman–Crippen LogP) is 5.21. The Hall–Kier alpha value is -2.04. The van der Waals surface area contributed by atoms with Crippen LogP contribution in [0, 0.1) is 0 Å². The number of carbonyl (C=O) groups excluding carboxylic acids is 2. The highest BCUT2D eigenvalue weighted by molar-refractivity contribution is 6.42. The first-order valence-corrected chi connectivity index (χ1v) is 10.5. The van der Waals surface area contributed by atoms with E-state index in [2.05, 4.69) is 43.4 Å². The van der Waals surface area contributed by atoms with Gasteiger partial charge in [0.25, 0.3) is 0 Å². The Morgan fingerprint density at radius 1 is 0.966 bits per heavy atom. The van der Waals surface area contributed by atoms with Crippen LogP contribution in [-0.2, 0) is 22.6 Å². The minimum Gasteiger partial charge on any atom is -0.357 e. The van der Waals surface area contributed by atoms with Gasteiger partial charge < -0.3 is 10.2 Å². The molecule has 2 amide bonds. The highest BCUT2D eigenvalue weighted by Crippen LogP contribution is 2.24. The van der Waals surface area contributed by atoms with E-state index in [1.807, 2.05) is 6.07 Å². The number of likely N-dealkylation sites (N-methyl/N-ethyl adjacent to an activating group) is 1. The van der Waals surface area contributed by atoms with Gasteiger partial charge in [0.1, 0.15) is 6.04 Å². The van der Waals surface area contributed by atoms with Gasteiger partial charge in [0, 0.05) is 20.0 Å². The Morgan fingerprint density at radius 2 is 1.59 bits per heavy atom. The summed E-state index contributed by atoms with van der Waals surface area (Å²) in [6.07, 6.45) is 0.944. The molecular weight excluding hydrogens is 407 g/mol. The number of benzene rings is 2. The van der Waals surface area contributed by atoms with Crippen molar-refractivity contribution in [3.8, 4) is 0 Å². The molecule has 0 aliphatic heterocycles. The van der Waals surface area contributed by atoms with E-state index in [4.69, 9.17) is 23.2 Å². The van der Waals surface area contributed by atoms with Gasteiger partial charge in [0.05, 0.1) is 10.0 Å². The van der Waals surface area contributed by atoms with Crippen LogP contribution in [0.2, 0.25) is 10.0 Å². The number of nitrogens with zero attached hydrogens (tertiary/aromatic N) is 1. The molecule has 0 saturated carbocycles. The van der Waals surface area contributed by atoms with Gasteiger partial charge in [-0.2, -0.15) is 0 Å². The van der Waals surface area contributed by atoms with Crippen molar-refractivity contribution in [3.63, 3.8) is 0 Å². The molecule has 2 aromatic carbocycles. The lowest BCUT2D eigenvalue weighted by molar-refractivity contribution is -0.140. The second-order valence-electron chi connectivity index (χ2n) is 7.46. The minimum absolute atomic E-state index is 0.0832. The molecule has 1 N–H and O–H groups in total. The summed E-state index contributed by atoms with van der Waals surface area (Å²) in [5.41, 5.74) is 3.20. The third-order valence-corrected chi connectivity index (χ3v) is 5.76. The zero-order valence-corrected chi connectivity index (χ0v) is 18.8. The van der Waals surface area contributed by atoms with Gasteiger partial charge in [-0.15, -0.1) is 0 Å². The molecule has 6 heteroatoms. The van der Waals surface area contributed by atoms with Crippen molar-refractivity contribution in [1.82, 2.24) is 10.2 Å². The molecule has 0 bridgehead atoms. The molecule has 0 fully saturated rings. The summed E-state index contributed by atoms with van der Waals surface area (Å²) in [4.78, 5) is 26.8. The number of hydrogen-bond donors (Lipinski definition) is 1. The van der Waals surface area contributed by atoms with Crippen LogP contribution in [0.15, 0.2) is 42.5 Å². The average Bonchev–Trinajstić information content (AvgIpc) is 2.71. The van der Waals surface area contributed by atoms with Gasteiger partial charge in [0.15, 0.2) is 0 Å². The summed E-state index contributed by atoms with van der Waals surface area (Å²) in [5.74, 6) is 0.181. The number of carbonyl (C=O) groups is 2. The molecule has 0 radical (unpaired) electrons. The fraction of sp³-hybridized carbons (Fsp3) is 0.391. The van der Waals surface area contributed by atoms with Gasteiger partial charge in [-0.3, -0.25) is 9.59 Å². The van der Waals surface area contributed by atoms with E-state index in [9.17, 15) is 9.59 Å². The SMILES string of the molecule is CNC(=O)C(C)N(Cc1ccc(Cl)c(Cl)c1)C(=O)CCc1ccc(C(C)C)cc1. The van der Waals surface area contributed by atoms with E-state index in [1.165, 1.54) is 5.56 Å². The van der Waals surface area contributed by atoms with Crippen LogP contribution in [0.5, 0.6) is 0 Å². The second-order valence-corrected chi connectivity index (χ2v) is 8.27. The highest BCUT2D eigenvalue weighted by Gasteiger charge is 2.25. The monoisotopic (exact) mass is 434 g/mol. The Kier molecular flexibility index (Phi) is 8.54. The van der Waals surface area contributed by atoms with E-state index in [-0.39, 0.29) is 18.4 Å². The number of aryl methyl sites for hydroxylation is 1. The third kappa shape index (κ3) is 6.48. The van der Waals surface area contributed by atoms with Gasteiger partial charge >= 0.3 is 0 Å². The second kappa shape index (κ2) is 10.7. The first-order valence-electron chi connectivity index (χ1n) is 9.76. The molecule has 2 aromatic rings. The number of halogens is 2. The number of amides is 2. The van der Waals surface area contributed by atoms with Crippen LogP contribution in [0.3, 0.4) is 0 Å². The molecule has 4 nitrogen and oxygen atoms in total. The zero-order valence-electron chi connectivity index (χ0n) is 17.3. The Morgan fingerprint density at radius 3 is 2.14 bits per heavy atom. The fourth-order valence-electron chi connectivity index (χ4n) is 3.09. The first-order chi connectivity index (χ1) is 13.7. The van der Waals surface area contributed by atoms with Gasteiger partial charge in [-0.1, -0.05) is 67.4 Å². The first kappa shape index (κ1) is 23.2. The maximum Gasteiger partial charge on any atom is 0.242 e. The summed E-state index contributed by atoms with van der Waals surface area (Å²) < 4.78 is 0. The summed E-state index contributed by atoms with van der Waals surface area (Å²) in [7, 11) is 1.57. The molecule has 2 rings (SSSR count). The van der Waals surface area contributed by atoms with Crippen LogP contribution in [0.4, 0.5) is 0 Å². The molecule has 0 aromatic heterocycles. The largest absolute Gasteiger partial charge is 0.357 e. The van der Waals surface area contributed by atoms with Crippen molar-refractivity contribution in [2.45, 2.75) is 52.1 Å². The molecule has 0 heterocycles. The van der Waals surface area contributed by atoms with Crippen LogP contribution in [0.1, 0.15) is 49.8 Å². The molecule has 0 spiro atoms. The van der Waals surface area contributed by atoms with E-state index < -0.39 is 6.04 Å². The quantitative estimate of drug-likeness (QED) is 0.619. The maximum absolute atomic E-state index is 13.0. The van der Waals surface area contributed by atoms with Crippen LogP contribution < -0.4 is 5.32 Å². The molecule has 156 valence electrons. The number of nitrogens with one attached hydrogen (secondary N) is 1. The lowest BCUT2D eigenvalue weighted by Crippen LogP contribution is -2.46. The summed E-state index contributed by atoms with van der Waals surface area (Å²) in [6, 6.07) is 13.0. The van der Waals surface area contributed by atoms with Gasteiger partial charge in [-0.05, 0) is 48.1 Å². The molecular formula is C23H28Cl2N2O2. The fourth-order valence-corrected chi connectivity index (χ4v) is 3.41. The highest BCUT2D eigenvalue weighted by atomic mass is 35.5. The average molecular weight is 435 g/mol.